The average molecular weight is 465 g/mol. The van der Waals surface area contributed by atoms with Crippen molar-refractivity contribution in [3.05, 3.63) is 0 Å². The zero-order valence-electron chi connectivity index (χ0n) is 21.5. The monoisotopic (exact) mass is 464 g/mol. The number of hydrogen-bond donors (Lipinski definition) is 0. The largest absolute Gasteiger partial charge is 0.461 e. The fourth-order valence-corrected chi connectivity index (χ4v) is 4.27. The van der Waals surface area contributed by atoms with E-state index < -0.39 is 23.7 Å². The van der Waals surface area contributed by atoms with Crippen LogP contribution in [-0.4, -0.2) is 30.3 Å². The fourth-order valence-electron chi connectivity index (χ4n) is 4.27. The Bertz CT molecular complexity index is 681. The second-order valence-corrected chi connectivity index (χ2v) is 11.6. The summed E-state index contributed by atoms with van der Waals surface area (Å²) in [5.41, 5.74) is -0.715. The Morgan fingerprint density at radius 3 is 1.78 bits per heavy atom. The minimum atomic E-state index is -4.49. The maximum Gasteiger partial charge on any atom is 0.425 e. The van der Waals surface area contributed by atoms with Crippen LogP contribution in [0.15, 0.2) is 0 Å². The first-order chi connectivity index (χ1) is 14.3. The Morgan fingerprint density at radius 2 is 1.44 bits per heavy atom. The van der Waals surface area contributed by atoms with E-state index in [1.54, 1.807) is 20.8 Å². The number of esters is 2. The van der Waals surface area contributed by atoms with Crippen molar-refractivity contribution in [1.82, 2.24) is 0 Å². The van der Waals surface area contributed by atoms with Crippen LogP contribution in [0.2, 0.25) is 0 Å². The van der Waals surface area contributed by atoms with Gasteiger partial charge in [0.15, 0.2) is 6.10 Å². The number of hydrogen-bond acceptors (Lipinski definition) is 4. The lowest BCUT2D eigenvalue weighted by molar-refractivity contribution is -0.221. The topological polar surface area (TPSA) is 52.6 Å². The van der Waals surface area contributed by atoms with E-state index >= 15 is 0 Å². The van der Waals surface area contributed by atoms with E-state index in [-0.39, 0.29) is 22.9 Å². The summed E-state index contributed by atoms with van der Waals surface area (Å²) in [7, 11) is 0. The van der Waals surface area contributed by atoms with E-state index in [0.29, 0.717) is 11.8 Å². The van der Waals surface area contributed by atoms with Crippen LogP contribution in [0.4, 0.5) is 13.2 Å². The first-order valence-electron chi connectivity index (χ1n) is 11.7. The predicted octanol–water partition coefficient (Wildman–Crippen LogP) is 7.10. The Kier molecular flexibility index (Phi) is 8.57. The van der Waals surface area contributed by atoms with Crippen LogP contribution in [0.1, 0.15) is 101 Å². The van der Waals surface area contributed by atoms with Gasteiger partial charge in [0.2, 0.25) is 0 Å². The predicted molar refractivity (Wildman–Crippen MR) is 119 cm³/mol. The van der Waals surface area contributed by atoms with E-state index in [9.17, 15) is 22.8 Å². The SMILES string of the molecule is CCC(C)(C)C(=O)OC(C)C(F)(F)F.CCC(C)(C)C(=O)OC1CC2CCC1(C)C2(C)C. The first-order valence-corrected chi connectivity index (χ1v) is 11.7. The number of ether oxygens (including phenoxy) is 2. The molecule has 32 heavy (non-hydrogen) atoms. The van der Waals surface area contributed by atoms with Gasteiger partial charge in [-0.05, 0) is 78.1 Å². The first kappa shape index (κ1) is 28.8. The molecule has 0 amide bonds. The van der Waals surface area contributed by atoms with Gasteiger partial charge in [-0.15, -0.1) is 0 Å². The molecule has 2 aliphatic rings. The highest BCUT2D eigenvalue weighted by Crippen LogP contribution is 2.66. The molecule has 4 unspecified atom stereocenters. The van der Waals surface area contributed by atoms with Crippen LogP contribution in [-0.2, 0) is 19.1 Å². The lowest BCUT2D eigenvalue weighted by atomic mass is 9.70. The second-order valence-electron chi connectivity index (χ2n) is 11.6. The van der Waals surface area contributed by atoms with Gasteiger partial charge in [-0.3, -0.25) is 9.59 Å². The standard InChI is InChI=1S/C16H28O2.C9H15F3O2/c1-7-14(2,3)13(17)18-12-10-11-8-9-16(12,6)15(11,4)5;1-5-8(3,4)7(13)14-6(2)9(10,11)12/h11-12H,7-10H2,1-6H3;6H,5H2,1-4H3. The Morgan fingerprint density at radius 1 is 0.969 bits per heavy atom. The minimum absolute atomic E-state index is 0.0143. The molecule has 0 heterocycles. The fraction of sp³-hybridized carbons (Fsp3) is 0.920. The molecule has 0 saturated heterocycles. The van der Waals surface area contributed by atoms with Gasteiger partial charge in [0.1, 0.15) is 6.10 Å². The maximum atomic E-state index is 12.3. The molecule has 2 aliphatic carbocycles. The van der Waals surface area contributed by atoms with Crippen LogP contribution >= 0.6 is 0 Å². The van der Waals surface area contributed by atoms with E-state index in [2.05, 4.69) is 25.5 Å². The van der Waals surface area contributed by atoms with E-state index in [1.165, 1.54) is 12.8 Å². The molecule has 2 rings (SSSR count). The van der Waals surface area contributed by atoms with Crippen LogP contribution in [0, 0.1) is 27.6 Å². The summed E-state index contributed by atoms with van der Waals surface area (Å²) in [6.07, 6.45) is -1.55. The van der Waals surface area contributed by atoms with Crippen molar-refractivity contribution in [2.24, 2.45) is 27.6 Å². The molecule has 0 N–H and O–H groups in total. The van der Waals surface area contributed by atoms with Crippen molar-refractivity contribution in [2.75, 3.05) is 0 Å². The van der Waals surface area contributed by atoms with Crippen molar-refractivity contribution >= 4 is 11.9 Å². The Balaban J connectivity index is 0.000000333. The lowest BCUT2D eigenvalue weighted by Gasteiger charge is -2.39. The van der Waals surface area contributed by atoms with E-state index in [1.807, 2.05) is 20.8 Å². The molecule has 7 heteroatoms. The third kappa shape index (κ3) is 5.80. The highest BCUT2D eigenvalue weighted by Gasteiger charge is 2.63. The van der Waals surface area contributed by atoms with Crippen LogP contribution in [0.25, 0.3) is 0 Å². The van der Waals surface area contributed by atoms with Crippen molar-refractivity contribution in [1.29, 1.82) is 0 Å². The summed E-state index contributed by atoms with van der Waals surface area (Å²) >= 11 is 0. The summed E-state index contributed by atoms with van der Waals surface area (Å²) in [5.74, 6) is -0.102. The van der Waals surface area contributed by atoms with Crippen molar-refractivity contribution in [3.8, 4) is 0 Å². The molecule has 2 fully saturated rings. The van der Waals surface area contributed by atoms with Crippen molar-refractivity contribution in [3.63, 3.8) is 0 Å². The van der Waals surface area contributed by atoms with Crippen LogP contribution in [0.3, 0.4) is 0 Å². The molecule has 188 valence electrons. The number of halogens is 3. The Labute approximate surface area is 192 Å². The molecular weight excluding hydrogens is 421 g/mol. The smallest absolute Gasteiger partial charge is 0.425 e. The maximum absolute atomic E-state index is 12.3. The molecule has 0 radical (unpaired) electrons. The summed E-state index contributed by atoms with van der Waals surface area (Å²) in [6, 6.07) is 0. The number of carbonyl (C=O) groups excluding carboxylic acids is 2. The zero-order valence-corrected chi connectivity index (χ0v) is 21.5. The number of fused-ring (bicyclic) bond motifs is 2. The molecule has 4 nitrogen and oxygen atoms in total. The van der Waals surface area contributed by atoms with Crippen LogP contribution in [0.5, 0.6) is 0 Å². The lowest BCUT2D eigenvalue weighted by Crippen LogP contribution is -2.40. The molecule has 2 bridgehead atoms. The summed E-state index contributed by atoms with van der Waals surface area (Å²) in [5, 5.41) is 0. The molecule has 4 atom stereocenters. The summed E-state index contributed by atoms with van der Waals surface area (Å²) in [4.78, 5) is 23.5. The number of rotatable bonds is 6. The van der Waals surface area contributed by atoms with Gasteiger partial charge in [0, 0.05) is 5.41 Å². The molecular formula is C25H43F3O4. The summed E-state index contributed by atoms with van der Waals surface area (Å²) in [6.45, 7) is 18.7. The Hall–Kier alpha value is -1.27. The average Bonchev–Trinajstić information content (AvgIpc) is 3.01. The molecule has 0 aromatic heterocycles. The third-order valence-corrected chi connectivity index (χ3v) is 8.58. The quantitative estimate of drug-likeness (QED) is 0.394. The molecule has 0 spiro atoms. The third-order valence-electron chi connectivity index (χ3n) is 8.58. The zero-order chi connectivity index (χ0) is 25.3. The molecule has 0 aliphatic heterocycles. The highest BCUT2D eigenvalue weighted by molar-refractivity contribution is 5.76. The summed E-state index contributed by atoms with van der Waals surface area (Å²) < 4.78 is 46.3. The van der Waals surface area contributed by atoms with E-state index in [4.69, 9.17) is 4.74 Å². The van der Waals surface area contributed by atoms with Gasteiger partial charge in [0.05, 0.1) is 10.8 Å². The minimum Gasteiger partial charge on any atom is -0.461 e. The van der Waals surface area contributed by atoms with Gasteiger partial charge in [-0.1, -0.05) is 34.6 Å². The number of carbonyl (C=O) groups is 2. The molecule has 2 saturated carbocycles. The van der Waals surface area contributed by atoms with E-state index in [0.717, 1.165) is 25.7 Å². The van der Waals surface area contributed by atoms with Gasteiger partial charge >= 0.3 is 18.1 Å². The molecule has 0 aromatic rings. The van der Waals surface area contributed by atoms with Crippen molar-refractivity contribution in [2.45, 2.75) is 120 Å². The second kappa shape index (κ2) is 9.54. The number of alkyl halides is 3. The van der Waals surface area contributed by atoms with Gasteiger partial charge < -0.3 is 9.47 Å². The highest BCUT2D eigenvalue weighted by atomic mass is 19.4. The van der Waals surface area contributed by atoms with Gasteiger partial charge in [-0.25, -0.2) is 0 Å². The van der Waals surface area contributed by atoms with Crippen LogP contribution < -0.4 is 0 Å². The molecule has 0 aromatic carbocycles. The van der Waals surface area contributed by atoms with Gasteiger partial charge in [0.25, 0.3) is 0 Å². The normalized spacial score (nSPS) is 27.9. The van der Waals surface area contributed by atoms with Gasteiger partial charge in [-0.2, -0.15) is 13.2 Å². The van der Waals surface area contributed by atoms with Crippen molar-refractivity contribution < 1.29 is 32.2 Å².